The SMILES string of the molecule is CN(Cc1ccc(F)cc1)C(=O)c1cnc(NN)c(Cl)c1. The second kappa shape index (κ2) is 6.51. The van der Waals surface area contributed by atoms with E-state index in [4.69, 9.17) is 17.4 Å². The van der Waals surface area contributed by atoms with Gasteiger partial charge in [-0.05, 0) is 23.8 Å². The molecule has 0 saturated carbocycles. The van der Waals surface area contributed by atoms with Crippen molar-refractivity contribution in [3.05, 3.63) is 58.5 Å². The number of hydrazine groups is 1. The molecule has 5 nitrogen and oxygen atoms in total. The van der Waals surface area contributed by atoms with Gasteiger partial charge in [-0.25, -0.2) is 15.2 Å². The van der Waals surface area contributed by atoms with Crippen molar-refractivity contribution in [3.8, 4) is 0 Å². The van der Waals surface area contributed by atoms with E-state index in [1.807, 2.05) is 0 Å². The lowest BCUT2D eigenvalue weighted by atomic mass is 10.2. The number of nitrogens with one attached hydrogen (secondary N) is 1. The normalized spacial score (nSPS) is 10.3. The van der Waals surface area contributed by atoms with Gasteiger partial charge in [-0.15, -0.1) is 0 Å². The number of benzene rings is 1. The summed E-state index contributed by atoms with van der Waals surface area (Å²) >= 11 is 5.94. The Morgan fingerprint density at radius 3 is 2.67 bits per heavy atom. The van der Waals surface area contributed by atoms with Crippen LogP contribution in [0.15, 0.2) is 36.5 Å². The molecule has 1 heterocycles. The predicted octanol–water partition coefficient (Wildman–Crippen LogP) is 2.43. The minimum atomic E-state index is -0.311. The van der Waals surface area contributed by atoms with E-state index in [1.54, 1.807) is 19.2 Å². The molecule has 0 aliphatic heterocycles. The summed E-state index contributed by atoms with van der Waals surface area (Å²) in [6.07, 6.45) is 1.39. The lowest BCUT2D eigenvalue weighted by Gasteiger charge is -2.17. The quantitative estimate of drug-likeness (QED) is 0.672. The zero-order valence-electron chi connectivity index (χ0n) is 11.3. The Kier molecular flexibility index (Phi) is 4.72. The zero-order valence-corrected chi connectivity index (χ0v) is 12.1. The monoisotopic (exact) mass is 308 g/mol. The summed E-state index contributed by atoms with van der Waals surface area (Å²) in [5, 5.41) is 0.263. The van der Waals surface area contributed by atoms with E-state index in [0.29, 0.717) is 17.9 Å². The second-order valence-electron chi connectivity index (χ2n) is 4.49. The predicted molar refractivity (Wildman–Crippen MR) is 79.3 cm³/mol. The molecule has 0 aliphatic carbocycles. The van der Waals surface area contributed by atoms with Gasteiger partial charge in [0.05, 0.1) is 10.6 Å². The Balaban J connectivity index is 2.11. The fourth-order valence-corrected chi connectivity index (χ4v) is 2.04. The molecule has 2 rings (SSSR count). The highest BCUT2D eigenvalue weighted by molar-refractivity contribution is 6.33. The summed E-state index contributed by atoms with van der Waals surface area (Å²) in [5.74, 6) is 4.98. The molecule has 0 bridgehead atoms. The minimum absolute atomic E-state index is 0.239. The number of halogens is 2. The van der Waals surface area contributed by atoms with Crippen LogP contribution in [0.5, 0.6) is 0 Å². The van der Waals surface area contributed by atoms with Gasteiger partial charge in [0.25, 0.3) is 5.91 Å². The number of amides is 1. The lowest BCUT2D eigenvalue weighted by molar-refractivity contribution is 0.0784. The van der Waals surface area contributed by atoms with Crippen molar-refractivity contribution in [3.63, 3.8) is 0 Å². The van der Waals surface area contributed by atoms with Crippen molar-refractivity contribution in [1.82, 2.24) is 9.88 Å². The third kappa shape index (κ3) is 3.68. The van der Waals surface area contributed by atoms with Crippen molar-refractivity contribution in [2.45, 2.75) is 6.54 Å². The molecule has 0 fully saturated rings. The van der Waals surface area contributed by atoms with Crippen LogP contribution >= 0.6 is 11.6 Å². The van der Waals surface area contributed by atoms with Crippen molar-refractivity contribution in [2.75, 3.05) is 12.5 Å². The lowest BCUT2D eigenvalue weighted by Crippen LogP contribution is -2.26. The van der Waals surface area contributed by atoms with E-state index in [-0.39, 0.29) is 16.7 Å². The third-order valence-electron chi connectivity index (χ3n) is 2.90. The number of carbonyl (C=O) groups excluding carboxylic acids is 1. The fraction of sp³-hybridized carbons (Fsp3) is 0.143. The second-order valence-corrected chi connectivity index (χ2v) is 4.89. The Morgan fingerprint density at radius 2 is 2.10 bits per heavy atom. The standard InChI is InChI=1S/C14H14ClFN4O/c1-20(8-9-2-4-11(16)5-3-9)14(21)10-6-12(15)13(19-17)18-7-10/h2-7H,8,17H2,1H3,(H,18,19). The van der Waals surface area contributed by atoms with Crippen LogP contribution in [-0.4, -0.2) is 22.8 Å². The van der Waals surface area contributed by atoms with Crippen LogP contribution in [0.2, 0.25) is 5.02 Å². The summed E-state index contributed by atoms with van der Waals surface area (Å²) in [4.78, 5) is 17.7. The largest absolute Gasteiger partial charge is 0.337 e. The molecule has 21 heavy (non-hydrogen) atoms. The Morgan fingerprint density at radius 1 is 1.43 bits per heavy atom. The maximum atomic E-state index is 12.8. The van der Waals surface area contributed by atoms with Crippen LogP contribution in [0.3, 0.4) is 0 Å². The number of rotatable bonds is 4. The topological polar surface area (TPSA) is 71.2 Å². The van der Waals surface area contributed by atoms with Gasteiger partial charge in [-0.3, -0.25) is 4.79 Å². The van der Waals surface area contributed by atoms with Crippen LogP contribution in [0.4, 0.5) is 10.2 Å². The third-order valence-corrected chi connectivity index (χ3v) is 3.19. The average Bonchev–Trinajstić information content (AvgIpc) is 2.48. The molecule has 0 radical (unpaired) electrons. The van der Waals surface area contributed by atoms with E-state index in [0.717, 1.165) is 5.56 Å². The number of nitrogens with zero attached hydrogens (tertiary/aromatic N) is 2. The molecule has 0 atom stereocenters. The summed E-state index contributed by atoms with van der Waals surface area (Å²) in [6.45, 7) is 0.355. The molecule has 1 aromatic heterocycles. The van der Waals surface area contributed by atoms with Crippen LogP contribution in [0.1, 0.15) is 15.9 Å². The smallest absolute Gasteiger partial charge is 0.255 e. The molecular formula is C14H14ClFN4O. The first-order chi connectivity index (χ1) is 10.0. The summed E-state index contributed by atoms with van der Waals surface area (Å²) in [7, 11) is 1.65. The maximum absolute atomic E-state index is 12.8. The number of hydrogen-bond acceptors (Lipinski definition) is 4. The Labute approximate surface area is 126 Å². The van der Waals surface area contributed by atoms with Crippen molar-refractivity contribution >= 4 is 23.3 Å². The molecular weight excluding hydrogens is 295 g/mol. The molecule has 0 spiro atoms. The first-order valence-electron chi connectivity index (χ1n) is 6.13. The number of nitrogens with two attached hydrogens (primary N) is 1. The molecule has 0 aliphatic rings. The fourth-order valence-electron chi connectivity index (χ4n) is 1.82. The summed E-state index contributed by atoms with van der Waals surface area (Å²) in [5.41, 5.74) is 3.51. The number of carbonyl (C=O) groups is 1. The molecule has 1 amide bonds. The van der Waals surface area contributed by atoms with Crippen LogP contribution in [0.25, 0.3) is 0 Å². The van der Waals surface area contributed by atoms with Crippen LogP contribution in [0, 0.1) is 5.82 Å². The van der Waals surface area contributed by atoms with Crippen molar-refractivity contribution in [1.29, 1.82) is 0 Å². The molecule has 1 aromatic carbocycles. The molecule has 7 heteroatoms. The molecule has 3 N–H and O–H groups in total. The van der Waals surface area contributed by atoms with Gasteiger partial charge in [0.2, 0.25) is 0 Å². The first kappa shape index (κ1) is 15.2. The highest BCUT2D eigenvalue weighted by Crippen LogP contribution is 2.20. The zero-order chi connectivity index (χ0) is 15.4. The van der Waals surface area contributed by atoms with Gasteiger partial charge < -0.3 is 10.3 Å². The minimum Gasteiger partial charge on any atom is -0.337 e. The molecule has 2 aromatic rings. The van der Waals surface area contributed by atoms with Gasteiger partial charge in [-0.2, -0.15) is 0 Å². The Hall–Kier alpha value is -2.18. The highest BCUT2D eigenvalue weighted by atomic mass is 35.5. The van der Waals surface area contributed by atoms with E-state index < -0.39 is 0 Å². The number of pyridine rings is 1. The first-order valence-corrected chi connectivity index (χ1v) is 6.51. The molecule has 110 valence electrons. The van der Waals surface area contributed by atoms with E-state index >= 15 is 0 Å². The molecule has 0 saturated heterocycles. The van der Waals surface area contributed by atoms with E-state index in [9.17, 15) is 9.18 Å². The number of aromatic nitrogens is 1. The van der Waals surface area contributed by atoms with Crippen LogP contribution < -0.4 is 11.3 Å². The maximum Gasteiger partial charge on any atom is 0.255 e. The van der Waals surface area contributed by atoms with Gasteiger partial charge >= 0.3 is 0 Å². The average molecular weight is 309 g/mol. The van der Waals surface area contributed by atoms with Crippen molar-refractivity contribution < 1.29 is 9.18 Å². The summed E-state index contributed by atoms with van der Waals surface area (Å²) in [6, 6.07) is 7.46. The van der Waals surface area contributed by atoms with Crippen LogP contribution in [-0.2, 0) is 6.54 Å². The van der Waals surface area contributed by atoms with Gasteiger partial charge in [0.15, 0.2) is 5.82 Å². The van der Waals surface area contributed by atoms with E-state index in [2.05, 4.69) is 10.4 Å². The molecule has 0 unspecified atom stereocenters. The van der Waals surface area contributed by atoms with E-state index in [1.165, 1.54) is 29.3 Å². The van der Waals surface area contributed by atoms with Crippen molar-refractivity contribution in [2.24, 2.45) is 5.84 Å². The number of anilines is 1. The number of nitrogen functional groups attached to an aromatic ring is 1. The highest BCUT2D eigenvalue weighted by Gasteiger charge is 2.14. The number of hydrogen-bond donors (Lipinski definition) is 2. The Bertz CT molecular complexity index is 648. The van der Waals surface area contributed by atoms with Gasteiger partial charge in [-0.1, -0.05) is 23.7 Å². The van der Waals surface area contributed by atoms with Gasteiger partial charge in [0.1, 0.15) is 5.82 Å². The van der Waals surface area contributed by atoms with Gasteiger partial charge in [0, 0.05) is 19.8 Å². The summed E-state index contributed by atoms with van der Waals surface area (Å²) < 4.78 is 12.8.